The van der Waals surface area contributed by atoms with Crippen LogP contribution in [0.1, 0.15) is 20.1 Å². The second kappa shape index (κ2) is 4.26. The minimum Gasteiger partial charge on any atom is -0.360 e. The van der Waals surface area contributed by atoms with Gasteiger partial charge in [-0.1, -0.05) is 11.6 Å². The van der Waals surface area contributed by atoms with Crippen LogP contribution in [0.5, 0.6) is 0 Å². The Labute approximate surface area is 113 Å². The average molecular weight is 276 g/mol. The van der Waals surface area contributed by atoms with E-state index in [1.807, 2.05) is 37.3 Å². The summed E-state index contributed by atoms with van der Waals surface area (Å²) in [6.45, 7) is 1.99. The molecule has 18 heavy (non-hydrogen) atoms. The largest absolute Gasteiger partial charge is 0.360 e. The molecule has 0 atom stereocenters. The van der Waals surface area contributed by atoms with Gasteiger partial charge in [-0.15, -0.1) is 11.3 Å². The monoisotopic (exact) mass is 275 g/mol. The molecule has 0 fully saturated rings. The van der Waals surface area contributed by atoms with Gasteiger partial charge in [-0.05, 0) is 37.3 Å². The number of H-pyrrole nitrogens is 1. The third-order valence-electron chi connectivity index (χ3n) is 2.85. The summed E-state index contributed by atoms with van der Waals surface area (Å²) in [6, 6.07) is 9.34. The fraction of sp³-hybridized carbons (Fsp3) is 0.0714. The summed E-state index contributed by atoms with van der Waals surface area (Å²) in [4.78, 5) is 17.4. The Morgan fingerprint density at radius 2 is 2.11 bits per heavy atom. The van der Waals surface area contributed by atoms with Gasteiger partial charge >= 0.3 is 0 Å². The second-order valence-corrected chi connectivity index (χ2v) is 5.86. The van der Waals surface area contributed by atoms with Crippen LogP contribution in [0.3, 0.4) is 0 Å². The van der Waals surface area contributed by atoms with Gasteiger partial charge < -0.3 is 4.98 Å². The van der Waals surface area contributed by atoms with Crippen molar-refractivity contribution in [2.24, 2.45) is 0 Å². The summed E-state index contributed by atoms with van der Waals surface area (Å²) in [5.74, 6) is 0.0432. The second-order valence-electron chi connectivity index (χ2n) is 4.13. The molecule has 0 aliphatic carbocycles. The van der Waals surface area contributed by atoms with E-state index in [1.54, 1.807) is 6.20 Å². The van der Waals surface area contributed by atoms with Crippen molar-refractivity contribution in [3.05, 3.63) is 56.9 Å². The number of thiophene rings is 1. The summed E-state index contributed by atoms with van der Waals surface area (Å²) >= 11 is 7.49. The van der Waals surface area contributed by atoms with Crippen LogP contribution in [-0.4, -0.2) is 10.8 Å². The van der Waals surface area contributed by atoms with E-state index in [0.29, 0.717) is 10.6 Å². The van der Waals surface area contributed by atoms with E-state index < -0.39 is 0 Å². The SMILES string of the molecule is Cc1ccc(C(=O)c2c[nH]c3ccc(Cl)cc23)s1. The number of rotatable bonds is 2. The van der Waals surface area contributed by atoms with Crippen LogP contribution in [0.4, 0.5) is 0 Å². The molecular formula is C14H10ClNOS. The predicted octanol–water partition coefficient (Wildman–Crippen LogP) is 4.42. The van der Waals surface area contributed by atoms with Crippen molar-refractivity contribution >= 4 is 39.6 Å². The third-order valence-corrected chi connectivity index (χ3v) is 4.09. The smallest absolute Gasteiger partial charge is 0.205 e. The Balaban J connectivity index is 2.14. The molecule has 0 unspecified atom stereocenters. The maximum Gasteiger partial charge on any atom is 0.205 e. The first-order chi connectivity index (χ1) is 8.65. The molecule has 0 amide bonds. The number of ketones is 1. The van der Waals surface area contributed by atoms with Crippen LogP contribution in [-0.2, 0) is 0 Å². The van der Waals surface area contributed by atoms with Crippen molar-refractivity contribution in [3.8, 4) is 0 Å². The van der Waals surface area contributed by atoms with Crippen LogP contribution in [0.2, 0.25) is 5.02 Å². The summed E-state index contributed by atoms with van der Waals surface area (Å²) in [5.41, 5.74) is 1.60. The van der Waals surface area contributed by atoms with Gasteiger partial charge in [0.1, 0.15) is 0 Å². The molecule has 3 rings (SSSR count). The Bertz CT molecular complexity index is 741. The van der Waals surface area contributed by atoms with Crippen LogP contribution >= 0.6 is 22.9 Å². The quantitative estimate of drug-likeness (QED) is 0.690. The molecule has 90 valence electrons. The molecule has 0 saturated carbocycles. The highest BCUT2D eigenvalue weighted by Gasteiger charge is 2.15. The molecule has 1 N–H and O–H groups in total. The van der Waals surface area contributed by atoms with E-state index in [2.05, 4.69) is 4.98 Å². The molecule has 0 spiro atoms. The molecule has 0 aliphatic heterocycles. The van der Waals surface area contributed by atoms with E-state index in [1.165, 1.54) is 11.3 Å². The van der Waals surface area contributed by atoms with Gasteiger partial charge in [0.15, 0.2) is 0 Å². The van der Waals surface area contributed by atoms with Crippen molar-refractivity contribution in [1.29, 1.82) is 0 Å². The van der Waals surface area contributed by atoms with Gasteiger partial charge in [-0.2, -0.15) is 0 Å². The number of carbonyl (C=O) groups is 1. The molecule has 0 saturated heterocycles. The highest BCUT2D eigenvalue weighted by Crippen LogP contribution is 2.26. The van der Waals surface area contributed by atoms with E-state index in [-0.39, 0.29) is 5.78 Å². The normalized spacial score (nSPS) is 11.0. The molecule has 0 aliphatic rings. The van der Waals surface area contributed by atoms with Gasteiger partial charge in [0.2, 0.25) is 5.78 Å². The number of fused-ring (bicyclic) bond motifs is 1. The van der Waals surface area contributed by atoms with Crippen LogP contribution in [0.25, 0.3) is 10.9 Å². The number of benzene rings is 1. The zero-order valence-corrected chi connectivity index (χ0v) is 11.2. The fourth-order valence-electron chi connectivity index (χ4n) is 1.97. The van der Waals surface area contributed by atoms with Crippen molar-refractivity contribution in [2.45, 2.75) is 6.92 Å². The maximum absolute atomic E-state index is 12.4. The van der Waals surface area contributed by atoms with E-state index in [9.17, 15) is 4.79 Å². The average Bonchev–Trinajstić information content (AvgIpc) is 2.94. The van der Waals surface area contributed by atoms with Crippen LogP contribution < -0.4 is 0 Å². The van der Waals surface area contributed by atoms with E-state index in [0.717, 1.165) is 20.7 Å². The number of carbonyl (C=O) groups excluding carboxylic acids is 1. The predicted molar refractivity (Wildman–Crippen MR) is 75.8 cm³/mol. The highest BCUT2D eigenvalue weighted by atomic mass is 35.5. The van der Waals surface area contributed by atoms with E-state index >= 15 is 0 Å². The van der Waals surface area contributed by atoms with Gasteiger partial charge in [0.05, 0.1) is 4.88 Å². The van der Waals surface area contributed by atoms with Gasteiger partial charge in [-0.3, -0.25) is 4.79 Å². The maximum atomic E-state index is 12.4. The number of halogens is 1. The number of aryl methyl sites for hydroxylation is 1. The molecule has 2 heterocycles. The third kappa shape index (κ3) is 1.85. The lowest BCUT2D eigenvalue weighted by atomic mass is 10.1. The Morgan fingerprint density at radius 1 is 1.28 bits per heavy atom. The molecular weight excluding hydrogens is 266 g/mol. The van der Waals surface area contributed by atoms with Crippen molar-refractivity contribution in [3.63, 3.8) is 0 Å². The summed E-state index contributed by atoms with van der Waals surface area (Å²) < 4.78 is 0. The van der Waals surface area contributed by atoms with Crippen LogP contribution in [0, 0.1) is 6.92 Å². The first kappa shape index (κ1) is 11.5. The molecule has 4 heteroatoms. The van der Waals surface area contributed by atoms with Gasteiger partial charge in [0, 0.05) is 32.6 Å². The summed E-state index contributed by atoms with van der Waals surface area (Å²) in [5, 5.41) is 1.51. The number of nitrogens with one attached hydrogen (secondary N) is 1. The van der Waals surface area contributed by atoms with Crippen molar-refractivity contribution in [2.75, 3.05) is 0 Å². The lowest BCUT2D eigenvalue weighted by Crippen LogP contribution is -1.96. The summed E-state index contributed by atoms with van der Waals surface area (Å²) in [7, 11) is 0. The Morgan fingerprint density at radius 3 is 2.83 bits per heavy atom. The number of aromatic nitrogens is 1. The molecule has 1 aromatic carbocycles. The molecule has 3 aromatic rings. The van der Waals surface area contributed by atoms with Crippen LogP contribution in [0.15, 0.2) is 36.5 Å². The minimum atomic E-state index is 0.0432. The number of hydrogen-bond donors (Lipinski definition) is 1. The van der Waals surface area contributed by atoms with Crippen molar-refractivity contribution in [1.82, 2.24) is 4.98 Å². The first-order valence-corrected chi connectivity index (χ1v) is 6.72. The Hall–Kier alpha value is -1.58. The molecule has 0 bridgehead atoms. The first-order valence-electron chi connectivity index (χ1n) is 5.53. The zero-order valence-electron chi connectivity index (χ0n) is 9.66. The lowest BCUT2D eigenvalue weighted by molar-refractivity contribution is 0.104. The van der Waals surface area contributed by atoms with Gasteiger partial charge in [-0.25, -0.2) is 0 Å². The van der Waals surface area contributed by atoms with Gasteiger partial charge in [0.25, 0.3) is 0 Å². The fourth-order valence-corrected chi connectivity index (χ4v) is 2.96. The lowest BCUT2D eigenvalue weighted by Gasteiger charge is -1.97. The highest BCUT2D eigenvalue weighted by molar-refractivity contribution is 7.14. The van der Waals surface area contributed by atoms with Crippen molar-refractivity contribution < 1.29 is 4.79 Å². The molecule has 2 aromatic heterocycles. The zero-order chi connectivity index (χ0) is 12.7. The minimum absolute atomic E-state index is 0.0432. The number of hydrogen-bond acceptors (Lipinski definition) is 2. The van der Waals surface area contributed by atoms with E-state index in [4.69, 9.17) is 11.6 Å². The number of aromatic amines is 1. The molecule has 2 nitrogen and oxygen atoms in total. The Kier molecular flexibility index (Phi) is 2.73. The standard InChI is InChI=1S/C14H10ClNOS/c1-8-2-5-13(18-8)14(17)11-7-16-12-4-3-9(15)6-10(11)12/h2-7,16H,1H3. The topological polar surface area (TPSA) is 32.9 Å². The summed E-state index contributed by atoms with van der Waals surface area (Å²) in [6.07, 6.45) is 1.75. The molecule has 0 radical (unpaired) electrons.